The summed E-state index contributed by atoms with van der Waals surface area (Å²) in [7, 11) is 0. The molecule has 1 aromatic heterocycles. The normalized spacial score (nSPS) is 12.8. The van der Waals surface area contributed by atoms with Crippen molar-refractivity contribution in [2.24, 2.45) is 0 Å². The van der Waals surface area contributed by atoms with Gasteiger partial charge in [0.25, 0.3) is 0 Å². The van der Waals surface area contributed by atoms with Crippen LogP contribution >= 0.6 is 11.6 Å². The van der Waals surface area contributed by atoms with Crippen molar-refractivity contribution < 1.29 is 8.78 Å². The van der Waals surface area contributed by atoms with Crippen LogP contribution in [0.5, 0.6) is 0 Å². The first-order valence-corrected chi connectivity index (χ1v) is 6.58. The molecule has 0 aliphatic rings. The Kier molecular flexibility index (Phi) is 3.18. The fourth-order valence-electron chi connectivity index (χ4n) is 2.24. The second-order valence-electron chi connectivity index (χ2n) is 4.51. The summed E-state index contributed by atoms with van der Waals surface area (Å²) >= 11 is 6.12. The largest absolute Gasteiger partial charge is 0.295 e. The van der Waals surface area contributed by atoms with E-state index in [9.17, 15) is 8.78 Å². The Morgan fingerprint density at radius 2 is 1.90 bits per heavy atom. The Morgan fingerprint density at radius 3 is 2.60 bits per heavy atom. The quantitative estimate of drug-likeness (QED) is 0.631. The molecule has 1 unspecified atom stereocenters. The number of nitrogens with zero attached hydrogens (tertiary/aromatic N) is 2. The lowest BCUT2D eigenvalue weighted by atomic mass is 10.2. The van der Waals surface area contributed by atoms with Crippen LogP contribution in [-0.2, 0) is 0 Å². The van der Waals surface area contributed by atoms with Crippen LogP contribution in [0, 0.1) is 11.6 Å². The second-order valence-corrected chi connectivity index (χ2v) is 5.16. The van der Waals surface area contributed by atoms with Crippen LogP contribution in [0.1, 0.15) is 18.1 Å². The topological polar surface area (TPSA) is 17.8 Å². The summed E-state index contributed by atoms with van der Waals surface area (Å²) in [4.78, 5) is 4.25. The lowest BCUT2D eigenvalue weighted by molar-refractivity contribution is 0.626. The number of rotatable bonds is 2. The molecule has 0 aliphatic carbocycles. The van der Waals surface area contributed by atoms with Gasteiger partial charge in [0.1, 0.15) is 17.2 Å². The van der Waals surface area contributed by atoms with E-state index < -0.39 is 11.2 Å². The van der Waals surface area contributed by atoms with Crippen molar-refractivity contribution in [3.8, 4) is 5.69 Å². The summed E-state index contributed by atoms with van der Waals surface area (Å²) in [6, 6.07) is 10.7. The maximum atomic E-state index is 13.8. The van der Waals surface area contributed by atoms with Gasteiger partial charge in [-0.1, -0.05) is 12.1 Å². The van der Waals surface area contributed by atoms with Crippen LogP contribution in [0.15, 0.2) is 42.5 Å². The van der Waals surface area contributed by atoms with Gasteiger partial charge in [0.05, 0.1) is 16.6 Å². The Labute approximate surface area is 119 Å². The molecule has 1 atom stereocenters. The van der Waals surface area contributed by atoms with E-state index in [0.29, 0.717) is 17.0 Å². The van der Waals surface area contributed by atoms with Crippen molar-refractivity contribution in [2.45, 2.75) is 12.3 Å². The third-order valence-corrected chi connectivity index (χ3v) is 3.28. The minimum Gasteiger partial charge on any atom is -0.295 e. The number of fused-ring (bicyclic) bond motifs is 1. The third kappa shape index (κ3) is 2.06. The van der Waals surface area contributed by atoms with Crippen LogP contribution in [0.25, 0.3) is 16.7 Å². The molecular formula is C15H11ClF2N2. The van der Waals surface area contributed by atoms with Gasteiger partial charge in [-0.15, -0.1) is 11.6 Å². The lowest BCUT2D eigenvalue weighted by Gasteiger charge is -2.10. The van der Waals surface area contributed by atoms with E-state index in [1.807, 2.05) is 0 Å². The molecule has 0 fully saturated rings. The summed E-state index contributed by atoms with van der Waals surface area (Å²) in [6.07, 6.45) is 0. The summed E-state index contributed by atoms with van der Waals surface area (Å²) in [5.74, 6) is -0.303. The van der Waals surface area contributed by atoms with Crippen molar-refractivity contribution in [2.75, 3.05) is 0 Å². The van der Waals surface area contributed by atoms with Crippen molar-refractivity contribution >= 4 is 22.6 Å². The number of aromatic nitrogens is 2. The number of imidazole rings is 1. The molecule has 20 heavy (non-hydrogen) atoms. The molecule has 5 heteroatoms. The molecule has 0 spiro atoms. The first-order valence-electron chi connectivity index (χ1n) is 6.15. The van der Waals surface area contributed by atoms with Gasteiger partial charge in [0.15, 0.2) is 5.82 Å². The average molecular weight is 293 g/mol. The van der Waals surface area contributed by atoms with E-state index in [2.05, 4.69) is 4.98 Å². The van der Waals surface area contributed by atoms with Crippen LogP contribution in [0.4, 0.5) is 8.78 Å². The van der Waals surface area contributed by atoms with Crippen molar-refractivity contribution in [3.63, 3.8) is 0 Å². The summed E-state index contributed by atoms with van der Waals surface area (Å²) in [5, 5.41) is -0.426. The van der Waals surface area contributed by atoms with Gasteiger partial charge in [-0.05, 0) is 37.3 Å². The summed E-state index contributed by atoms with van der Waals surface area (Å²) in [5.41, 5.74) is 1.37. The van der Waals surface area contributed by atoms with E-state index in [1.165, 1.54) is 18.2 Å². The van der Waals surface area contributed by atoms with Gasteiger partial charge in [0.2, 0.25) is 0 Å². The maximum Gasteiger partial charge on any atom is 0.151 e. The summed E-state index contributed by atoms with van der Waals surface area (Å²) < 4.78 is 29.0. The van der Waals surface area contributed by atoms with Gasteiger partial charge in [-0.25, -0.2) is 13.8 Å². The molecule has 0 saturated heterocycles. The predicted molar refractivity (Wildman–Crippen MR) is 75.3 cm³/mol. The number of alkyl halides is 1. The van der Waals surface area contributed by atoms with Crippen LogP contribution in [-0.4, -0.2) is 9.55 Å². The van der Waals surface area contributed by atoms with E-state index in [1.54, 1.807) is 35.8 Å². The molecule has 2 nitrogen and oxygen atoms in total. The Hall–Kier alpha value is -1.94. The molecule has 3 rings (SSSR count). The monoisotopic (exact) mass is 292 g/mol. The highest BCUT2D eigenvalue weighted by Crippen LogP contribution is 2.29. The molecule has 102 valence electrons. The maximum absolute atomic E-state index is 13.8. The number of halogens is 3. The zero-order chi connectivity index (χ0) is 14.3. The minimum absolute atomic E-state index is 0.235. The minimum atomic E-state index is -0.426. The number of benzene rings is 2. The van der Waals surface area contributed by atoms with Gasteiger partial charge in [0, 0.05) is 0 Å². The first-order chi connectivity index (χ1) is 9.58. The lowest BCUT2D eigenvalue weighted by Crippen LogP contribution is -2.02. The Balaban J connectivity index is 2.38. The van der Waals surface area contributed by atoms with Gasteiger partial charge in [-0.3, -0.25) is 4.57 Å². The Morgan fingerprint density at radius 1 is 1.15 bits per heavy atom. The molecule has 3 aromatic rings. The van der Waals surface area contributed by atoms with E-state index in [4.69, 9.17) is 11.6 Å². The highest BCUT2D eigenvalue weighted by Gasteiger charge is 2.18. The number of para-hydroxylation sites is 1. The highest BCUT2D eigenvalue weighted by molar-refractivity contribution is 6.20. The van der Waals surface area contributed by atoms with Crippen LogP contribution in [0.2, 0.25) is 0 Å². The molecule has 0 saturated carbocycles. The number of hydrogen-bond acceptors (Lipinski definition) is 1. The van der Waals surface area contributed by atoms with E-state index in [-0.39, 0.29) is 11.3 Å². The zero-order valence-electron chi connectivity index (χ0n) is 10.6. The van der Waals surface area contributed by atoms with Crippen molar-refractivity contribution in [3.05, 3.63) is 59.9 Å². The average Bonchev–Trinajstić information content (AvgIpc) is 2.80. The van der Waals surface area contributed by atoms with Gasteiger partial charge >= 0.3 is 0 Å². The molecule has 0 radical (unpaired) electrons. The summed E-state index contributed by atoms with van der Waals surface area (Å²) in [6.45, 7) is 1.75. The van der Waals surface area contributed by atoms with E-state index in [0.717, 1.165) is 0 Å². The molecule has 1 heterocycles. The smallest absolute Gasteiger partial charge is 0.151 e. The van der Waals surface area contributed by atoms with Crippen LogP contribution < -0.4 is 0 Å². The molecule has 0 N–H and O–H groups in total. The molecule has 0 amide bonds. The van der Waals surface area contributed by atoms with Crippen molar-refractivity contribution in [1.82, 2.24) is 9.55 Å². The fourth-order valence-corrected chi connectivity index (χ4v) is 2.38. The standard InChI is InChI=1S/C15H11ClF2N2/c1-9(16)15-19-14-12(18)6-3-7-13(14)20(15)11-5-2-4-10(17)8-11/h2-9H,1H3. The highest BCUT2D eigenvalue weighted by atomic mass is 35.5. The van der Waals surface area contributed by atoms with Gasteiger partial charge in [-0.2, -0.15) is 0 Å². The second kappa shape index (κ2) is 4.87. The zero-order valence-corrected chi connectivity index (χ0v) is 11.4. The van der Waals surface area contributed by atoms with Gasteiger partial charge < -0.3 is 0 Å². The molecule has 0 aliphatic heterocycles. The first kappa shape index (κ1) is 13.1. The van der Waals surface area contributed by atoms with E-state index >= 15 is 0 Å². The third-order valence-electron chi connectivity index (χ3n) is 3.08. The molecule has 0 bridgehead atoms. The predicted octanol–water partition coefficient (Wildman–Crippen LogP) is 4.60. The SMILES string of the molecule is CC(Cl)c1nc2c(F)cccc2n1-c1cccc(F)c1. The Bertz CT molecular complexity index is 781. The number of hydrogen-bond donors (Lipinski definition) is 0. The molecular weight excluding hydrogens is 282 g/mol. The molecule has 2 aromatic carbocycles. The van der Waals surface area contributed by atoms with Crippen LogP contribution in [0.3, 0.4) is 0 Å². The fraction of sp³-hybridized carbons (Fsp3) is 0.133. The van der Waals surface area contributed by atoms with Crippen molar-refractivity contribution in [1.29, 1.82) is 0 Å².